The Balaban J connectivity index is 1.45. The van der Waals surface area contributed by atoms with Crippen LogP contribution >= 0.6 is 0 Å². The minimum absolute atomic E-state index is 0.306. The standard InChI is InChI=1S/C23H18FN7O/c1-13-9-21(31(30-13)16-5-7-20-18(11-16)22(25)29-28-20)23(32)27-15-4-6-17(19(24)10-15)14-3-2-8-26-12-14/h2-12H,1H3,(H,27,32)(H3,25,28,29). The number of rotatable bonds is 4. The predicted molar refractivity (Wildman–Crippen MR) is 120 cm³/mol. The maximum atomic E-state index is 14.7. The van der Waals surface area contributed by atoms with E-state index in [0.717, 1.165) is 10.9 Å². The zero-order chi connectivity index (χ0) is 22.2. The molecule has 1 amide bonds. The number of aromatic nitrogens is 5. The molecule has 3 aromatic heterocycles. The summed E-state index contributed by atoms with van der Waals surface area (Å²) in [6.45, 7) is 1.79. The number of nitrogens with one attached hydrogen (secondary N) is 2. The molecule has 0 saturated heterocycles. The number of aromatic amines is 1. The van der Waals surface area contributed by atoms with Gasteiger partial charge in [-0.15, -0.1) is 0 Å². The smallest absolute Gasteiger partial charge is 0.274 e. The first kappa shape index (κ1) is 19.4. The lowest BCUT2D eigenvalue weighted by atomic mass is 10.1. The van der Waals surface area contributed by atoms with Crippen molar-refractivity contribution in [1.82, 2.24) is 25.0 Å². The second kappa shape index (κ2) is 7.62. The summed E-state index contributed by atoms with van der Waals surface area (Å²) in [4.78, 5) is 17.0. The highest BCUT2D eigenvalue weighted by atomic mass is 19.1. The molecule has 9 heteroatoms. The van der Waals surface area contributed by atoms with Crippen molar-refractivity contribution in [3.63, 3.8) is 0 Å². The van der Waals surface area contributed by atoms with E-state index in [4.69, 9.17) is 5.73 Å². The van der Waals surface area contributed by atoms with Crippen molar-refractivity contribution < 1.29 is 9.18 Å². The van der Waals surface area contributed by atoms with Gasteiger partial charge < -0.3 is 11.1 Å². The third-order valence-electron chi connectivity index (χ3n) is 5.08. The van der Waals surface area contributed by atoms with Crippen LogP contribution in [0.15, 0.2) is 67.0 Å². The summed E-state index contributed by atoms with van der Waals surface area (Å²) in [5, 5.41) is 14.7. The molecule has 0 radical (unpaired) electrons. The van der Waals surface area contributed by atoms with Crippen molar-refractivity contribution in [1.29, 1.82) is 0 Å². The van der Waals surface area contributed by atoms with Gasteiger partial charge in [0.15, 0.2) is 5.82 Å². The lowest BCUT2D eigenvalue weighted by Gasteiger charge is -2.10. The Morgan fingerprint density at radius 1 is 1.16 bits per heavy atom. The van der Waals surface area contributed by atoms with Gasteiger partial charge in [0.1, 0.15) is 11.5 Å². The van der Waals surface area contributed by atoms with Gasteiger partial charge >= 0.3 is 0 Å². The zero-order valence-electron chi connectivity index (χ0n) is 17.0. The van der Waals surface area contributed by atoms with E-state index < -0.39 is 11.7 Å². The minimum atomic E-state index is -0.457. The topological polar surface area (TPSA) is 115 Å². The maximum Gasteiger partial charge on any atom is 0.274 e. The van der Waals surface area contributed by atoms with Crippen molar-refractivity contribution in [3.8, 4) is 16.8 Å². The molecular formula is C23H18FN7O. The fourth-order valence-corrected chi connectivity index (χ4v) is 3.56. The number of H-pyrrole nitrogens is 1. The van der Waals surface area contributed by atoms with Gasteiger partial charge in [-0.05, 0) is 55.5 Å². The molecule has 2 aromatic carbocycles. The number of hydrogen-bond donors (Lipinski definition) is 3. The zero-order valence-corrected chi connectivity index (χ0v) is 17.0. The molecule has 0 unspecified atom stereocenters. The second-order valence-corrected chi connectivity index (χ2v) is 7.31. The Morgan fingerprint density at radius 2 is 2.03 bits per heavy atom. The first-order valence-electron chi connectivity index (χ1n) is 9.81. The SMILES string of the molecule is Cc1cc(C(=O)Nc2ccc(-c3cccnc3)c(F)c2)n(-c2ccc3[nH]nc(N)c3c2)n1. The Hall–Kier alpha value is -4.53. The molecule has 0 aliphatic carbocycles. The first-order valence-corrected chi connectivity index (χ1v) is 9.81. The molecule has 0 spiro atoms. The molecule has 0 bridgehead atoms. The first-order chi connectivity index (χ1) is 15.5. The Kier molecular flexibility index (Phi) is 4.63. The summed E-state index contributed by atoms with van der Waals surface area (Å²) in [5.41, 5.74) is 9.71. The summed E-state index contributed by atoms with van der Waals surface area (Å²) >= 11 is 0. The highest BCUT2D eigenvalue weighted by Gasteiger charge is 2.17. The third kappa shape index (κ3) is 3.45. The monoisotopic (exact) mass is 427 g/mol. The van der Waals surface area contributed by atoms with E-state index in [1.54, 1.807) is 55.7 Å². The summed E-state index contributed by atoms with van der Waals surface area (Å²) in [6, 6.07) is 15.2. The second-order valence-electron chi connectivity index (χ2n) is 7.31. The molecule has 3 heterocycles. The average molecular weight is 427 g/mol. The van der Waals surface area contributed by atoms with Crippen LogP contribution in [0.4, 0.5) is 15.9 Å². The molecular weight excluding hydrogens is 409 g/mol. The number of aryl methyl sites for hydroxylation is 1. The van der Waals surface area contributed by atoms with Gasteiger partial charge in [0.2, 0.25) is 0 Å². The van der Waals surface area contributed by atoms with Crippen LogP contribution in [-0.2, 0) is 0 Å². The number of amides is 1. The summed E-state index contributed by atoms with van der Waals surface area (Å²) in [5.74, 6) is -0.512. The van der Waals surface area contributed by atoms with Crippen molar-refractivity contribution >= 4 is 28.3 Å². The van der Waals surface area contributed by atoms with Crippen LogP contribution in [0.25, 0.3) is 27.7 Å². The lowest BCUT2D eigenvalue weighted by Crippen LogP contribution is -2.17. The number of carbonyl (C=O) groups excluding carboxylic acids is 1. The normalized spacial score (nSPS) is 11.1. The van der Waals surface area contributed by atoms with Crippen molar-refractivity contribution in [2.45, 2.75) is 6.92 Å². The molecule has 5 aromatic rings. The Morgan fingerprint density at radius 3 is 2.81 bits per heavy atom. The van der Waals surface area contributed by atoms with Gasteiger partial charge in [-0.1, -0.05) is 6.07 Å². The van der Waals surface area contributed by atoms with Gasteiger partial charge in [-0.25, -0.2) is 9.07 Å². The molecule has 0 aliphatic rings. The number of hydrogen-bond acceptors (Lipinski definition) is 5. The van der Waals surface area contributed by atoms with Crippen molar-refractivity contribution in [2.24, 2.45) is 0 Å². The number of fused-ring (bicyclic) bond motifs is 1. The quantitative estimate of drug-likeness (QED) is 0.400. The maximum absolute atomic E-state index is 14.7. The van der Waals surface area contributed by atoms with E-state index in [1.807, 2.05) is 12.1 Å². The third-order valence-corrected chi connectivity index (χ3v) is 5.08. The van der Waals surface area contributed by atoms with Crippen molar-refractivity contribution in [2.75, 3.05) is 11.1 Å². The largest absolute Gasteiger partial charge is 0.382 e. The molecule has 0 atom stereocenters. The van der Waals surface area contributed by atoms with E-state index in [9.17, 15) is 9.18 Å². The number of nitrogens with two attached hydrogens (primary N) is 1. The van der Waals surface area contributed by atoms with Crippen LogP contribution in [0, 0.1) is 12.7 Å². The van der Waals surface area contributed by atoms with Gasteiger partial charge in [0, 0.05) is 34.6 Å². The summed E-state index contributed by atoms with van der Waals surface area (Å²) in [7, 11) is 0. The van der Waals surface area contributed by atoms with E-state index >= 15 is 0 Å². The van der Waals surface area contributed by atoms with Crippen LogP contribution in [0.2, 0.25) is 0 Å². The number of nitrogens with zero attached hydrogens (tertiary/aromatic N) is 4. The Bertz CT molecular complexity index is 1460. The Labute approximate surface area is 181 Å². The average Bonchev–Trinajstić information content (AvgIpc) is 3.37. The van der Waals surface area contributed by atoms with Gasteiger partial charge in [0.05, 0.1) is 16.9 Å². The summed E-state index contributed by atoms with van der Waals surface area (Å²) < 4.78 is 16.2. The minimum Gasteiger partial charge on any atom is -0.382 e. The number of anilines is 2. The summed E-state index contributed by atoms with van der Waals surface area (Å²) in [6.07, 6.45) is 3.21. The van der Waals surface area contributed by atoms with Gasteiger partial charge in [0.25, 0.3) is 5.91 Å². The van der Waals surface area contributed by atoms with Crippen LogP contribution in [-0.4, -0.2) is 30.9 Å². The molecule has 32 heavy (non-hydrogen) atoms. The molecule has 158 valence electrons. The number of halogens is 1. The van der Waals surface area contributed by atoms with Crippen LogP contribution in [0.3, 0.4) is 0 Å². The highest BCUT2D eigenvalue weighted by molar-refractivity contribution is 6.03. The molecule has 0 saturated carbocycles. The molecule has 0 fully saturated rings. The van der Waals surface area contributed by atoms with E-state index in [-0.39, 0.29) is 0 Å². The van der Waals surface area contributed by atoms with Crippen molar-refractivity contribution in [3.05, 3.63) is 84.2 Å². The van der Waals surface area contributed by atoms with E-state index in [2.05, 4.69) is 25.6 Å². The number of pyridine rings is 1. The molecule has 0 aliphatic heterocycles. The van der Waals surface area contributed by atoms with Crippen LogP contribution in [0.1, 0.15) is 16.2 Å². The number of benzene rings is 2. The van der Waals surface area contributed by atoms with Gasteiger partial charge in [-0.2, -0.15) is 10.2 Å². The van der Waals surface area contributed by atoms with Crippen LogP contribution in [0.5, 0.6) is 0 Å². The number of carbonyl (C=O) groups is 1. The molecule has 8 nitrogen and oxygen atoms in total. The lowest BCUT2D eigenvalue weighted by molar-refractivity contribution is 0.101. The predicted octanol–water partition coefficient (Wildman–Crippen LogP) is 4.09. The highest BCUT2D eigenvalue weighted by Crippen LogP contribution is 2.26. The fourth-order valence-electron chi connectivity index (χ4n) is 3.56. The number of nitrogen functional groups attached to an aromatic ring is 1. The fraction of sp³-hybridized carbons (Fsp3) is 0.0435. The van der Waals surface area contributed by atoms with E-state index in [1.165, 1.54) is 10.7 Å². The van der Waals surface area contributed by atoms with Crippen LogP contribution < -0.4 is 11.1 Å². The molecule has 4 N–H and O–H groups in total. The van der Waals surface area contributed by atoms with E-state index in [0.29, 0.717) is 39.7 Å². The molecule has 5 rings (SSSR count). The van der Waals surface area contributed by atoms with Gasteiger partial charge in [-0.3, -0.25) is 14.9 Å².